The lowest BCUT2D eigenvalue weighted by atomic mass is 10.00. The van der Waals surface area contributed by atoms with Crippen molar-refractivity contribution in [2.75, 3.05) is 0 Å². The van der Waals surface area contributed by atoms with Gasteiger partial charge in [-0.1, -0.05) is 58.4 Å². The van der Waals surface area contributed by atoms with E-state index in [2.05, 4.69) is 21.2 Å². The molecule has 158 valence electrons. The molecule has 0 spiro atoms. The van der Waals surface area contributed by atoms with E-state index >= 15 is 0 Å². The summed E-state index contributed by atoms with van der Waals surface area (Å²) in [6, 6.07) is 17.4. The summed E-state index contributed by atoms with van der Waals surface area (Å²) in [5.74, 6) is -1.84. The molecule has 0 unspecified atom stereocenters. The van der Waals surface area contributed by atoms with Gasteiger partial charge in [0.25, 0.3) is 5.91 Å². The topological polar surface area (TPSA) is 86.7 Å². The zero-order valence-corrected chi connectivity index (χ0v) is 18.4. The quantitative estimate of drug-likeness (QED) is 0.562. The van der Waals surface area contributed by atoms with Crippen LogP contribution in [0, 0.1) is 0 Å². The van der Waals surface area contributed by atoms with Crippen LogP contribution in [0.5, 0.6) is 0 Å². The molecule has 31 heavy (non-hydrogen) atoms. The fourth-order valence-electron chi connectivity index (χ4n) is 3.87. The summed E-state index contributed by atoms with van der Waals surface area (Å²) >= 11 is 3.42. The maximum atomic E-state index is 13.1. The lowest BCUT2D eigenvalue weighted by molar-refractivity contribution is -0.142. The molecular weight excluding hydrogens is 460 g/mol. The molecule has 7 heteroatoms. The largest absolute Gasteiger partial charge is 0.480 e. The van der Waals surface area contributed by atoms with Gasteiger partial charge in [0.05, 0.1) is 0 Å². The summed E-state index contributed by atoms with van der Waals surface area (Å²) in [5, 5.41) is 13.9. The van der Waals surface area contributed by atoms with Gasteiger partial charge in [0.15, 0.2) is 0 Å². The number of hydrogen-bond acceptors (Lipinski definition) is 3. The molecule has 1 heterocycles. The molecule has 2 N–H and O–H groups in total. The number of carboxylic acid groups (broad SMARTS) is 1. The molecule has 1 aliphatic rings. The molecule has 0 saturated heterocycles. The number of aliphatic carboxylic acids is 1. The van der Waals surface area contributed by atoms with Crippen LogP contribution < -0.4 is 5.32 Å². The van der Waals surface area contributed by atoms with E-state index in [1.165, 1.54) is 11.8 Å². The van der Waals surface area contributed by atoms with Gasteiger partial charge in [-0.3, -0.25) is 14.4 Å². The summed E-state index contributed by atoms with van der Waals surface area (Å²) in [5.41, 5.74) is 2.29. The number of fused-ring (bicyclic) bond motifs is 2. The zero-order chi connectivity index (χ0) is 22.1. The van der Waals surface area contributed by atoms with Gasteiger partial charge >= 0.3 is 5.97 Å². The Hall–Kier alpha value is -3.19. The van der Waals surface area contributed by atoms with Crippen LogP contribution >= 0.6 is 15.9 Å². The van der Waals surface area contributed by atoms with Gasteiger partial charge in [0.1, 0.15) is 12.1 Å². The first-order chi connectivity index (χ1) is 14.8. The van der Waals surface area contributed by atoms with Gasteiger partial charge < -0.3 is 15.3 Å². The van der Waals surface area contributed by atoms with Crippen LogP contribution in [0.4, 0.5) is 0 Å². The molecule has 2 amide bonds. The van der Waals surface area contributed by atoms with Gasteiger partial charge in [-0.15, -0.1) is 0 Å². The highest BCUT2D eigenvalue weighted by Gasteiger charge is 2.37. The first kappa shape index (κ1) is 21.1. The second kappa shape index (κ2) is 8.51. The number of halogens is 1. The number of carbonyl (C=O) groups excluding carboxylic acids is 2. The maximum Gasteiger partial charge on any atom is 0.325 e. The van der Waals surface area contributed by atoms with E-state index in [1.54, 1.807) is 12.1 Å². The molecular formula is C24H21BrN2O4. The normalized spacial score (nSPS) is 14.9. The molecule has 0 bridgehead atoms. The molecule has 0 aromatic heterocycles. The monoisotopic (exact) mass is 480 g/mol. The minimum Gasteiger partial charge on any atom is -0.480 e. The Morgan fingerprint density at radius 3 is 2.58 bits per heavy atom. The fraction of sp³-hybridized carbons (Fsp3) is 0.208. The molecule has 0 fully saturated rings. The molecule has 3 aromatic rings. The van der Waals surface area contributed by atoms with Crippen molar-refractivity contribution in [1.82, 2.24) is 10.2 Å². The first-order valence-electron chi connectivity index (χ1n) is 9.94. The van der Waals surface area contributed by atoms with Crippen molar-refractivity contribution >= 4 is 44.5 Å². The van der Waals surface area contributed by atoms with Gasteiger partial charge in [0.2, 0.25) is 5.91 Å². The number of benzene rings is 3. The SMILES string of the molecule is C[C@H](NC(=O)[C@H](Cc1ccc2ccccc2c1)N1Cc2cc(Br)ccc2C1=O)C(=O)O. The van der Waals surface area contributed by atoms with E-state index in [1.807, 2.05) is 48.5 Å². The molecule has 0 radical (unpaired) electrons. The van der Waals surface area contributed by atoms with Gasteiger partial charge in [-0.25, -0.2) is 0 Å². The highest BCUT2D eigenvalue weighted by Crippen LogP contribution is 2.29. The molecule has 4 rings (SSSR count). The Bertz CT molecular complexity index is 1190. The van der Waals surface area contributed by atoms with Crippen molar-refractivity contribution in [1.29, 1.82) is 0 Å². The number of carboxylic acids is 1. The van der Waals surface area contributed by atoms with Crippen LogP contribution in [0.1, 0.15) is 28.4 Å². The first-order valence-corrected chi connectivity index (χ1v) is 10.7. The third-order valence-electron chi connectivity index (χ3n) is 5.55. The minimum absolute atomic E-state index is 0.230. The number of carbonyl (C=O) groups is 3. The standard InChI is InChI=1S/C24H21BrN2O4/c1-14(24(30)31)26-22(28)21(11-15-6-7-16-4-2-3-5-17(16)10-15)27-13-18-12-19(25)8-9-20(18)23(27)29/h2-10,12,14,21H,11,13H2,1H3,(H,26,28)(H,30,31)/t14-,21-/m0/s1. The van der Waals surface area contributed by atoms with Crippen molar-refractivity contribution in [3.05, 3.63) is 81.8 Å². The van der Waals surface area contributed by atoms with Gasteiger partial charge in [-0.2, -0.15) is 0 Å². The summed E-state index contributed by atoms with van der Waals surface area (Å²) in [6.45, 7) is 1.70. The molecule has 0 saturated carbocycles. The van der Waals surface area contributed by atoms with E-state index in [0.717, 1.165) is 26.4 Å². The van der Waals surface area contributed by atoms with E-state index in [0.29, 0.717) is 12.1 Å². The Balaban J connectivity index is 1.66. The average Bonchev–Trinajstić information content (AvgIpc) is 3.06. The Morgan fingerprint density at radius 2 is 1.84 bits per heavy atom. The summed E-state index contributed by atoms with van der Waals surface area (Å²) in [6.07, 6.45) is 0.282. The smallest absolute Gasteiger partial charge is 0.325 e. The minimum atomic E-state index is -1.13. The highest BCUT2D eigenvalue weighted by atomic mass is 79.9. The molecule has 2 atom stereocenters. The molecule has 1 aliphatic heterocycles. The van der Waals surface area contributed by atoms with Crippen LogP contribution in [0.3, 0.4) is 0 Å². The Morgan fingerprint density at radius 1 is 1.10 bits per heavy atom. The predicted molar refractivity (Wildman–Crippen MR) is 121 cm³/mol. The summed E-state index contributed by atoms with van der Waals surface area (Å²) in [7, 11) is 0. The van der Waals surface area contributed by atoms with Crippen LogP contribution in [0.25, 0.3) is 10.8 Å². The van der Waals surface area contributed by atoms with Crippen LogP contribution in [0.2, 0.25) is 0 Å². The number of nitrogens with one attached hydrogen (secondary N) is 1. The van der Waals surface area contributed by atoms with E-state index in [4.69, 9.17) is 0 Å². The lowest BCUT2D eigenvalue weighted by Gasteiger charge is -2.28. The van der Waals surface area contributed by atoms with Crippen molar-refractivity contribution in [3.8, 4) is 0 Å². The average molecular weight is 481 g/mol. The maximum absolute atomic E-state index is 13.1. The van der Waals surface area contributed by atoms with E-state index in [-0.39, 0.29) is 12.3 Å². The van der Waals surface area contributed by atoms with Gasteiger partial charge in [0, 0.05) is 23.0 Å². The lowest BCUT2D eigenvalue weighted by Crippen LogP contribution is -2.51. The van der Waals surface area contributed by atoms with Crippen molar-refractivity contribution in [2.24, 2.45) is 0 Å². The Kier molecular flexibility index (Phi) is 5.78. The molecule has 3 aromatic carbocycles. The predicted octanol–water partition coefficient (Wildman–Crippen LogP) is 3.76. The van der Waals surface area contributed by atoms with Gasteiger partial charge in [-0.05, 0) is 47.0 Å². The van der Waals surface area contributed by atoms with E-state index < -0.39 is 24.0 Å². The third-order valence-corrected chi connectivity index (χ3v) is 6.04. The molecule has 0 aliphatic carbocycles. The summed E-state index contributed by atoms with van der Waals surface area (Å²) in [4.78, 5) is 39.0. The number of amides is 2. The second-order valence-electron chi connectivity index (χ2n) is 7.70. The summed E-state index contributed by atoms with van der Waals surface area (Å²) < 4.78 is 0.857. The number of nitrogens with zero attached hydrogens (tertiary/aromatic N) is 1. The zero-order valence-electron chi connectivity index (χ0n) is 16.8. The van der Waals surface area contributed by atoms with Crippen LogP contribution in [-0.4, -0.2) is 39.9 Å². The number of rotatable bonds is 6. The second-order valence-corrected chi connectivity index (χ2v) is 8.62. The van der Waals surface area contributed by atoms with Crippen molar-refractivity contribution in [2.45, 2.75) is 32.0 Å². The van der Waals surface area contributed by atoms with Crippen molar-refractivity contribution in [3.63, 3.8) is 0 Å². The van der Waals surface area contributed by atoms with Crippen LogP contribution in [-0.2, 0) is 22.6 Å². The number of hydrogen-bond donors (Lipinski definition) is 2. The molecule has 6 nitrogen and oxygen atoms in total. The Labute approximate surface area is 188 Å². The highest BCUT2D eigenvalue weighted by molar-refractivity contribution is 9.10. The van der Waals surface area contributed by atoms with E-state index in [9.17, 15) is 19.5 Å². The van der Waals surface area contributed by atoms with Crippen LogP contribution in [0.15, 0.2) is 65.1 Å². The third kappa shape index (κ3) is 4.32. The van der Waals surface area contributed by atoms with Crippen molar-refractivity contribution < 1.29 is 19.5 Å². The fourth-order valence-corrected chi connectivity index (χ4v) is 4.28.